The number of aliphatic hydroxyl groups is 1. The summed E-state index contributed by atoms with van der Waals surface area (Å²) in [5.41, 5.74) is 1.40. The highest BCUT2D eigenvalue weighted by Crippen LogP contribution is 2.17. The maximum absolute atomic E-state index is 8.93. The Balaban J connectivity index is 1.81. The van der Waals surface area contributed by atoms with E-state index in [0.29, 0.717) is 23.8 Å². The van der Waals surface area contributed by atoms with E-state index in [1.165, 1.54) is 6.33 Å². The Bertz CT molecular complexity index is 703. The van der Waals surface area contributed by atoms with Gasteiger partial charge in [-0.2, -0.15) is 0 Å². The van der Waals surface area contributed by atoms with Crippen molar-refractivity contribution in [3.8, 4) is 0 Å². The second kappa shape index (κ2) is 4.69. The molecule has 0 aliphatic carbocycles. The predicted octanol–water partition coefficient (Wildman–Crippen LogP) is 1.36. The molecule has 0 radical (unpaired) electrons. The monoisotopic (exact) mass is 259 g/mol. The lowest BCUT2D eigenvalue weighted by Crippen LogP contribution is -2.01. The molecule has 0 unspecified atom stereocenters. The summed E-state index contributed by atoms with van der Waals surface area (Å²) >= 11 is 0. The van der Waals surface area contributed by atoms with E-state index in [-0.39, 0.29) is 6.61 Å². The van der Waals surface area contributed by atoms with E-state index in [1.807, 2.05) is 13.0 Å². The molecule has 0 bridgehead atoms. The van der Waals surface area contributed by atoms with Crippen molar-refractivity contribution in [2.24, 2.45) is 0 Å². The molecule has 0 aromatic carbocycles. The van der Waals surface area contributed by atoms with Crippen molar-refractivity contribution in [2.45, 2.75) is 20.1 Å². The molecule has 3 rings (SSSR count). The number of aliphatic hydroxyl groups excluding tert-OH is 1. The van der Waals surface area contributed by atoms with Gasteiger partial charge in [0.15, 0.2) is 11.5 Å². The third-order valence-corrected chi connectivity index (χ3v) is 2.71. The quantitative estimate of drug-likeness (QED) is 0.654. The van der Waals surface area contributed by atoms with Crippen LogP contribution in [0.25, 0.3) is 11.2 Å². The van der Waals surface area contributed by atoms with Gasteiger partial charge < -0.3 is 19.8 Å². The Morgan fingerprint density at radius 2 is 2.16 bits per heavy atom. The number of aryl methyl sites for hydroxylation is 1. The molecule has 0 amide bonds. The maximum atomic E-state index is 8.93. The Labute approximate surface area is 108 Å². The molecule has 7 nitrogen and oxygen atoms in total. The van der Waals surface area contributed by atoms with Gasteiger partial charge in [0.1, 0.15) is 35.8 Å². The summed E-state index contributed by atoms with van der Waals surface area (Å²) in [7, 11) is 0. The molecule has 0 aliphatic rings. The van der Waals surface area contributed by atoms with Gasteiger partial charge in [0.2, 0.25) is 0 Å². The number of aromatic amines is 1. The van der Waals surface area contributed by atoms with E-state index in [2.05, 4.69) is 25.3 Å². The van der Waals surface area contributed by atoms with Crippen molar-refractivity contribution in [3.63, 3.8) is 0 Å². The summed E-state index contributed by atoms with van der Waals surface area (Å²) in [5.74, 6) is 2.74. The number of nitrogens with zero attached hydrogens (tertiary/aromatic N) is 3. The second-order valence-electron chi connectivity index (χ2n) is 4.12. The molecule has 3 aromatic rings. The van der Waals surface area contributed by atoms with Crippen LogP contribution < -0.4 is 5.32 Å². The molecule has 0 saturated carbocycles. The van der Waals surface area contributed by atoms with Crippen LogP contribution in [0.1, 0.15) is 17.3 Å². The minimum absolute atomic E-state index is 0.0997. The first-order valence-corrected chi connectivity index (χ1v) is 5.86. The molecule has 0 atom stereocenters. The molecule has 3 aromatic heterocycles. The van der Waals surface area contributed by atoms with Crippen molar-refractivity contribution in [2.75, 3.05) is 5.32 Å². The van der Waals surface area contributed by atoms with Gasteiger partial charge in [0, 0.05) is 0 Å². The summed E-state index contributed by atoms with van der Waals surface area (Å²) in [6, 6.07) is 3.56. The van der Waals surface area contributed by atoms with Crippen LogP contribution in [0.5, 0.6) is 0 Å². The summed E-state index contributed by atoms with van der Waals surface area (Å²) in [5, 5.41) is 12.1. The van der Waals surface area contributed by atoms with Crippen molar-refractivity contribution >= 4 is 17.0 Å². The number of nitrogens with one attached hydrogen (secondary N) is 2. The lowest BCUT2D eigenvalue weighted by molar-refractivity contribution is 0.244. The predicted molar refractivity (Wildman–Crippen MR) is 68.4 cm³/mol. The van der Waals surface area contributed by atoms with E-state index in [4.69, 9.17) is 9.52 Å². The van der Waals surface area contributed by atoms with Crippen LogP contribution in [-0.2, 0) is 13.2 Å². The topological polar surface area (TPSA) is 99.9 Å². The van der Waals surface area contributed by atoms with Crippen LogP contribution in [0.4, 0.5) is 5.82 Å². The lowest BCUT2D eigenvalue weighted by Gasteiger charge is -2.03. The number of anilines is 1. The van der Waals surface area contributed by atoms with Gasteiger partial charge >= 0.3 is 0 Å². The van der Waals surface area contributed by atoms with Crippen LogP contribution in [-0.4, -0.2) is 25.0 Å². The molecule has 3 heterocycles. The fourth-order valence-electron chi connectivity index (χ4n) is 1.85. The van der Waals surface area contributed by atoms with Crippen molar-refractivity contribution in [3.05, 3.63) is 35.8 Å². The average molecular weight is 259 g/mol. The smallest absolute Gasteiger partial charge is 0.183 e. The number of rotatable bonds is 4. The Morgan fingerprint density at radius 1 is 1.32 bits per heavy atom. The molecule has 98 valence electrons. The van der Waals surface area contributed by atoms with Gasteiger partial charge in [0.25, 0.3) is 0 Å². The average Bonchev–Trinajstić information content (AvgIpc) is 3.01. The molecular weight excluding hydrogens is 246 g/mol. The summed E-state index contributed by atoms with van der Waals surface area (Å²) in [6.45, 7) is 2.24. The summed E-state index contributed by atoms with van der Waals surface area (Å²) in [6.07, 6.45) is 1.46. The molecule has 0 fully saturated rings. The fourth-order valence-corrected chi connectivity index (χ4v) is 1.85. The number of hydrogen-bond donors (Lipinski definition) is 3. The van der Waals surface area contributed by atoms with E-state index < -0.39 is 0 Å². The minimum atomic E-state index is -0.0997. The van der Waals surface area contributed by atoms with E-state index >= 15 is 0 Å². The van der Waals surface area contributed by atoms with E-state index in [0.717, 1.165) is 17.1 Å². The minimum Gasteiger partial charge on any atom is -0.462 e. The van der Waals surface area contributed by atoms with Crippen molar-refractivity contribution in [1.29, 1.82) is 0 Å². The number of furan rings is 1. The third kappa shape index (κ3) is 2.27. The number of hydrogen-bond acceptors (Lipinski definition) is 6. The molecule has 0 aliphatic heterocycles. The second-order valence-corrected chi connectivity index (χ2v) is 4.12. The molecule has 19 heavy (non-hydrogen) atoms. The summed E-state index contributed by atoms with van der Waals surface area (Å²) in [4.78, 5) is 15.6. The largest absolute Gasteiger partial charge is 0.462 e. The Kier molecular flexibility index (Phi) is 2.88. The molecule has 7 heteroatoms. The van der Waals surface area contributed by atoms with Crippen LogP contribution in [0, 0.1) is 6.92 Å². The Hall–Kier alpha value is -2.41. The zero-order valence-electron chi connectivity index (χ0n) is 10.3. The van der Waals surface area contributed by atoms with Crippen LogP contribution in [0.15, 0.2) is 22.9 Å². The number of fused-ring (bicyclic) bond motifs is 1. The first-order chi connectivity index (χ1) is 9.26. The van der Waals surface area contributed by atoms with Gasteiger partial charge in [-0.15, -0.1) is 0 Å². The van der Waals surface area contributed by atoms with E-state index in [9.17, 15) is 0 Å². The van der Waals surface area contributed by atoms with Crippen molar-refractivity contribution in [1.82, 2.24) is 19.9 Å². The lowest BCUT2D eigenvalue weighted by atomic mass is 10.4. The van der Waals surface area contributed by atoms with E-state index in [1.54, 1.807) is 6.07 Å². The number of aromatic nitrogens is 4. The third-order valence-electron chi connectivity index (χ3n) is 2.71. The maximum Gasteiger partial charge on any atom is 0.183 e. The van der Waals surface area contributed by atoms with Crippen LogP contribution in [0.3, 0.4) is 0 Å². The normalized spacial score (nSPS) is 11.1. The first-order valence-electron chi connectivity index (χ1n) is 5.86. The zero-order valence-corrected chi connectivity index (χ0v) is 10.3. The fraction of sp³-hybridized carbons (Fsp3) is 0.250. The molecule has 0 saturated heterocycles. The Morgan fingerprint density at radius 3 is 2.95 bits per heavy atom. The first kappa shape index (κ1) is 11.7. The highest BCUT2D eigenvalue weighted by Gasteiger charge is 2.08. The van der Waals surface area contributed by atoms with Gasteiger partial charge in [-0.3, -0.25) is 0 Å². The highest BCUT2D eigenvalue weighted by atomic mass is 16.4. The van der Waals surface area contributed by atoms with Gasteiger partial charge in [0.05, 0.1) is 6.54 Å². The van der Waals surface area contributed by atoms with Crippen LogP contribution >= 0.6 is 0 Å². The molecule has 0 spiro atoms. The van der Waals surface area contributed by atoms with Gasteiger partial charge in [-0.05, 0) is 19.1 Å². The van der Waals surface area contributed by atoms with Crippen LogP contribution in [0.2, 0.25) is 0 Å². The summed E-state index contributed by atoms with van der Waals surface area (Å²) < 4.78 is 5.39. The SMILES string of the molecule is Cc1nc2ncnc(NCc3ccc(CO)o3)c2[nH]1. The number of imidazole rings is 1. The highest BCUT2D eigenvalue weighted by molar-refractivity contribution is 5.82. The molecular formula is C12H13N5O2. The number of H-pyrrole nitrogens is 1. The molecule has 3 N–H and O–H groups in total. The van der Waals surface area contributed by atoms with Crippen molar-refractivity contribution < 1.29 is 9.52 Å². The standard InChI is InChI=1S/C12H13N5O2/c1-7-16-10-11(14-6-15-12(10)17-7)13-4-8-2-3-9(5-18)19-8/h2-3,6,18H,4-5H2,1H3,(H2,13,14,15,16,17). The zero-order chi connectivity index (χ0) is 13.2. The van der Waals surface area contributed by atoms with Gasteiger partial charge in [-0.1, -0.05) is 0 Å². The van der Waals surface area contributed by atoms with Gasteiger partial charge in [-0.25, -0.2) is 15.0 Å².